The summed E-state index contributed by atoms with van der Waals surface area (Å²) >= 11 is 0. The number of likely N-dealkylation sites (tertiary alicyclic amines) is 1. The first-order chi connectivity index (χ1) is 11.9. The molecule has 0 spiro atoms. The van der Waals surface area contributed by atoms with Gasteiger partial charge in [-0.1, -0.05) is 26.0 Å². The molecule has 6 nitrogen and oxygen atoms in total. The normalized spacial score (nSPS) is 37.6. The van der Waals surface area contributed by atoms with E-state index in [2.05, 4.69) is 41.6 Å². The van der Waals surface area contributed by atoms with Crippen LogP contribution in [0.4, 0.5) is 0 Å². The first-order valence-electron chi connectivity index (χ1n) is 9.40. The van der Waals surface area contributed by atoms with E-state index in [1.165, 1.54) is 11.3 Å². The van der Waals surface area contributed by atoms with E-state index in [9.17, 15) is 9.59 Å². The Kier molecular flexibility index (Phi) is 3.89. The van der Waals surface area contributed by atoms with Gasteiger partial charge in [-0.05, 0) is 36.0 Å². The van der Waals surface area contributed by atoms with Crippen molar-refractivity contribution in [2.75, 3.05) is 26.7 Å². The van der Waals surface area contributed by atoms with Crippen LogP contribution in [-0.2, 0) is 9.59 Å². The molecule has 1 aliphatic heterocycles. The van der Waals surface area contributed by atoms with E-state index < -0.39 is 0 Å². The monoisotopic (exact) mass is 344 g/mol. The molecule has 3 aliphatic carbocycles. The molecule has 0 aromatic heterocycles. The van der Waals surface area contributed by atoms with Crippen molar-refractivity contribution in [1.82, 2.24) is 15.5 Å². The predicted molar refractivity (Wildman–Crippen MR) is 95.7 cm³/mol. The number of imide groups is 1. The minimum atomic E-state index is -0.1000. The van der Waals surface area contributed by atoms with Crippen molar-refractivity contribution in [2.24, 2.45) is 40.0 Å². The number of amides is 2. The maximum absolute atomic E-state index is 12.6. The lowest BCUT2D eigenvalue weighted by molar-refractivity contribution is -0.140. The summed E-state index contributed by atoms with van der Waals surface area (Å²) in [5, 5.41) is 6.57. The van der Waals surface area contributed by atoms with Gasteiger partial charge in [0.15, 0.2) is 5.96 Å². The molecule has 5 unspecified atom stereocenters. The van der Waals surface area contributed by atoms with E-state index in [-0.39, 0.29) is 35.5 Å². The second kappa shape index (κ2) is 5.85. The molecule has 136 valence electrons. The van der Waals surface area contributed by atoms with Crippen LogP contribution in [0, 0.1) is 35.0 Å². The molecule has 2 amide bonds. The predicted octanol–water partition coefficient (Wildman–Crippen LogP) is 1.00. The highest BCUT2D eigenvalue weighted by Crippen LogP contribution is 2.52. The molecule has 0 aromatic carbocycles. The number of aliphatic imine (C=N–C) groups is 1. The summed E-state index contributed by atoms with van der Waals surface area (Å²) in [6.45, 7) is 6.42. The molecule has 6 heteroatoms. The van der Waals surface area contributed by atoms with Gasteiger partial charge in [-0.2, -0.15) is 0 Å². The summed E-state index contributed by atoms with van der Waals surface area (Å²) in [7, 11) is 1.74. The van der Waals surface area contributed by atoms with Crippen molar-refractivity contribution in [1.29, 1.82) is 0 Å². The van der Waals surface area contributed by atoms with E-state index in [1.807, 2.05) is 0 Å². The third kappa shape index (κ3) is 2.75. The van der Waals surface area contributed by atoms with Crippen molar-refractivity contribution in [3.63, 3.8) is 0 Å². The van der Waals surface area contributed by atoms with Gasteiger partial charge in [0.2, 0.25) is 11.8 Å². The Morgan fingerprint density at radius 1 is 1.20 bits per heavy atom. The molecule has 0 radical (unpaired) electrons. The highest BCUT2D eigenvalue weighted by atomic mass is 16.2. The molecular formula is C19H28N4O2. The molecule has 3 fully saturated rings. The zero-order valence-electron chi connectivity index (χ0n) is 15.3. The number of nitrogens with one attached hydrogen (secondary N) is 2. The van der Waals surface area contributed by atoms with E-state index in [0.717, 1.165) is 18.9 Å². The topological polar surface area (TPSA) is 73.8 Å². The Balaban J connectivity index is 1.26. The third-order valence-electron chi connectivity index (χ3n) is 6.65. The number of allylic oxidation sites excluding steroid dienone is 2. The summed E-state index contributed by atoms with van der Waals surface area (Å²) in [5.41, 5.74) is 0.436. The fourth-order valence-electron chi connectivity index (χ4n) is 4.84. The van der Waals surface area contributed by atoms with E-state index in [1.54, 1.807) is 7.05 Å². The van der Waals surface area contributed by atoms with E-state index in [0.29, 0.717) is 24.4 Å². The second-order valence-corrected chi connectivity index (χ2v) is 8.60. The molecule has 2 bridgehead atoms. The van der Waals surface area contributed by atoms with Gasteiger partial charge in [0, 0.05) is 26.7 Å². The minimum absolute atomic E-state index is 0.0244. The molecule has 1 saturated heterocycles. The van der Waals surface area contributed by atoms with Gasteiger partial charge in [-0.15, -0.1) is 0 Å². The molecule has 0 aromatic rings. The lowest BCUT2D eigenvalue weighted by Crippen LogP contribution is -2.44. The number of rotatable bonds is 5. The van der Waals surface area contributed by atoms with Gasteiger partial charge < -0.3 is 10.6 Å². The number of hydrogen-bond acceptors (Lipinski definition) is 3. The fourth-order valence-corrected chi connectivity index (χ4v) is 4.84. The van der Waals surface area contributed by atoms with Gasteiger partial charge in [0.25, 0.3) is 0 Å². The molecule has 2 saturated carbocycles. The number of guanidine groups is 1. The maximum Gasteiger partial charge on any atom is 0.233 e. The van der Waals surface area contributed by atoms with Crippen LogP contribution in [0.3, 0.4) is 0 Å². The average molecular weight is 344 g/mol. The SMILES string of the molecule is CN=C(NCCN1C(=O)C2C3C=CC(C3)C2C1=O)NCC1CC1(C)C. The smallest absolute Gasteiger partial charge is 0.233 e. The summed E-state index contributed by atoms with van der Waals surface area (Å²) < 4.78 is 0. The van der Waals surface area contributed by atoms with E-state index >= 15 is 0 Å². The lowest BCUT2D eigenvalue weighted by Gasteiger charge is -2.18. The van der Waals surface area contributed by atoms with Crippen LogP contribution in [0.2, 0.25) is 0 Å². The zero-order valence-corrected chi connectivity index (χ0v) is 15.3. The Bertz CT molecular complexity index is 624. The van der Waals surface area contributed by atoms with Crippen molar-refractivity contribution in [2.45, 2.75) is 26.7 Å². The Labute approximate surface area is 149 Å². The number of hydrogen-bond donors (Lipinski definition) is 2. The van der Waals surface area contributed by atoms with Crippen molar-refractivity contribution in [3.05, 3.63) is 12.2 Å². The van der Waals surface area contributed by atoms with Gasteiger partial charge in [0.05, 0.1) is 11.8 Å². The summed E-state index contributed by atoms with van der Waals surface area (Å²) in [6, 6.07) is 0. The minimum Gasteiger partial charge on any atom is -0.356 e. The summed E-state index contributed by atoms with van der Waals surface area (Å²) in [6.07, 6.45) is 6.48. The summed E-state index contributed by atoms with van der Waals surface area (Å²) in [5.74, 6) is 1.84. The van der Waals surface area contributed by atoms with Crippen molar-refractivity contribution in [3.8, 4) is 0 Å². The molecular weight excluding hydrogens is 316 g/mol. The van der Waals surface area contributed by atoms with Gasteiger partial charge in [-0.3, -0.25) is 19.5 Å². The van der Waals surface area contributed by atoms with Crippen LogP contribution in [-0.4, -0.2) is 49.4 Å². The van der Waals surface area contributed by atoms with Crippen LogP contribution in [0.15, 0.2) is 17.1 Å². The van der Waals surface area contributed by atoms with E-state index in [4.69, 9.17) is 0 Å². The first kappa shape index (κ1) is 16.6. The number of carbonyl (C=O) groups excluding carboxylic acids is 2. The van der Waals surface area contributed by atoms with Crippen LogP contribution in [0.5, 0.6) is 0 Å². The molecule has 4 rings (SSSR count). The zero-order chi connectivity index (χ0) is 17.8. The first-order valence-corrected chi connectivity index (χ1v) is 9.40. The highest BCUT2D eigenvalue weighted by molar-refractivity contribution is 6.06. The van der Waals surface area contributed by atoms with Crippen molar-refractivity contribution < 1.29 is 9.59 Å². The Morgan fingerprint density at radius 3 is 2.32 bits per heavy atom. The largest absolute Gasteiger partial charge is 0.356 e. The van der Waals surface area contributed by atoms with Crippen molar-refractivity contribution >= 4 is 17.8 Å². The fraction of sp³-hybridized carbons (Fsp3) is 0.737. The van der Waals surface area contributed by atoms with Gasteiger partial charge in [0.1, 0.15) is 0 Å². The Hall–Kier alpha value is -1.85. The molecule has 25 heavy (non-hydrogen) atoms. The maximum atomic E-state index is 12.6. The molecule has 4 aliphatic rings. The lowest BCUT2D eigenvalue weighted by atomic mass is 9.85. The summed E-state index contributed by atoms with van der Waals surface area (Å²) in [4.78, 5) is 30.9. The number of fused-ring (bicyclic) bond motifs is 5. The van der Waals surface area contributed by atoms with Crippen LogP contribution in [0.25, 0.3) is 0 Å². The van der Waals surface area contributed by atoms with Crippen LogP contribution < -0.4 is 10.6 Å². The van der Waals surface area contributed by atoms with Crippen LogP contribution in [0.1, 0.15) is 26.7 Å². The number of carbonyl (C=O) groups is 2. The molecule has 5 atom stereocenters. The molecule has 1 heterocycles. The van der Waals surface area contributed by atoms with Crippen LogP contribution >= 0.6 is 0 Å². The average Bonchev–Trinajstić information content (AvgIpc) is 2.96. The highest BCUT2D eigenvalue weighted by Gasteiger charge is 2.58. The van der Waals surface area contributed by atoms with Gasteiger partial charge >= 0.3 is 0 Å². The second-order valence-electron chi connectivity index (χ2n) is 8.60. The molecule has 2 N–H and O–H groups in total. The standard InChI is InChI=1S/C19H28N4O2/c1-19(2)9-13(19)10-22-18(20-3)21-6-7-23-16(24)14-11-4-5-12(8-11)15(14)17(23)25/h4-5,11-15H,6-10H2,1-3H3,(H2,20,21,22). The van der Waals surface area contributed by atoms with Gasteiger partial charge in [-0.25, -0.2) is 0 Å². The number of nitrogens with zero attached hydrogens (tertiary/aromatic N) is 2. The third-order valence-corrected chi connectivity index (χ3v) is 6.65. The Morgan fingerprint density at radius 2 is 1.80 bits per heavy atom. The quantitative estimate of drug-likeness (QED) is 0.338.